The van der Waals surface area contributed by atoms with Gasteiger partial charge in [-0.05, 0) is 23.6 Å². The van der Waals surface area contributed by atoms with Gasteiger partial charge in [-0.15, -0.1) is 0 Å². The van der Waals surface area contributed by atoms with Gasteiger partial charge in [-0.25, -0.2) is 13.0 Å². The molecule has 0 aliphatic heterocycles. The Morgan fingerprint density at radius 3 is 2.50 bits per heavy atom. The van der Waals surface area contributed by atoms with E-state index < -0.39 is 9.73 Å². The molecule has 0 fully saturated rings. The van der Waals surface area contributed by atoms with Crippen molar-refractivity contribution in [3.63, 3.8) is 0 Å². The predicted molar refractivity (Wildman–Crippen MR) is 70.9 cm³/mol. The van der Waals surface area contributed by atoms with Crippen LogP contribution >= 0.6 is 0 Å². The Kier molecular flexibility index (Phi) is 5.29. The van der Waals surface area contributed by atoms with Crippen LogP contribution in [-0.2, 0) is 15.5 Å². The SMILES string of the molecule is CC(C)CN=S(=O)(CC#N)Cc1ccc(F)cc1. The third-order valence-electron chi connectivity index (χ3n) is 2.27. The van der Waals surface area contributed by atoms with E-state index >= 15 is 0 Å². The molecule has 0 N–H and O–H groups in total. The van der Waals surface area contributed by atoms with Crippen LogP contribution in [0, 0.1) is 23.1 Å². The third kappa shape index (κ3) is 4.84. The first-order chi connectivity index (χ1) is 8.45. The molecule has 0 aliphatic rings. The minimum absolute atomic E-state index is 0.0862. The predicted octanol–water partition coefficient (Wildman–Crippen LogP) is 2.97. The minimum Gasteiger partial charge on any atom is -0.248 e. The molecule has 0 spiro atoms. The molecular formula is C13H17FN2OS. The molecule has 3 nitrogen and oxygen atoms in total. The van der Waals surface area contributed by atoms with Gasteiger partial charge in [0.2, 0.25) is 0 Å². The van der Waals surface area contributed by atoms with Crippen molar-refractivity contribution in [2.75, 3.05) is 12.3 Å². The van der Waals surface area contributed by atoms with E-state index in [1.807, 2.05) is 19.9 Å². The fourth-order valence-corrected chi connectivity index (χ4v) is 3.14. The highest BCUT2D eigenvalue weighted by molar-refractivity contribution is 7.93. The van der Waals surface area contributed by atoms with Gasteiger partial charge in [0.05, 0.1) is 28.1 Å². The van der Waals surface area contributed by atoms with Gasteiger partial charge in [-0.3, -0.25) is 0 Å². The number of hydrogen-bond donors (Lipinski definition) is 0. The zero-order valence-electron chi connectivity index (χ0n) is 10.6. The lowest BCUT2D eigenvalue weighted by Gasteiger charge is -2.08. The van der Waals surface area contributed by atoms with Crippen molar-refractivity contribution in [1.82, 2.24) is 0 Å². The Labute approximate surface area is 108 Å². The summed E-state index contributed by atoms with van der Waals surface area (Å²) >= 11 is 0. The van der Waals surface area contributed by atoms with E-state index in [0.717, 1.165) is 5.56 Å². The molecule has 0 amide bonds. The molecule has 0 radical (unpaired) electrons. The van der Waals surface area contributed by atoms with Gasteiger partial charge in [-0.2, -0.15) is 5.26 Å². The lowest BCUT2D eigenvalue weighted by atomic mass is 10.2. The molecule has 1 unspecified atom stereocenters. The topological polar surface area (TPSA) is 53.2 Å². The molecule has 1 rings (SSSR count). The first-order valence-electron chi connectivity index (χ1n) is 5.75. The van der Waals surface area contributed by atoms with E-state index in [0.29, 0.717) is 12.5 Å². The fraction of sp³-hybridized carbons (Fsp3) is 0.462. The zero-order valence-corrected chi connectivity index (χ0v) is 11.4. The second-order valence-electron chi connectivity index (χ2n) is 4.55. The zero-order chi connectivity index (χ0) is 13.6. The van der Waals surface area contributed by atoms with Crippen LogP contribution < -0.4 is 0 Å². The van der Waals surface area contributed by atoms with Crippen LogP contribution in [0.3, 0.4) is 0 Å². The number of rotatable bonds is 5. The second-order valence-corrected chi connectivity index (χ2v) is 6.93. The maximum absolute atomic E-state index is 12.8. The Bertz CT molecular complexity index is 537. The largest absolute Gasteiger partial charge is 0.248 e. The first-order valence-corrected chi connectivity index (χ1v) is 7.60. The first kappa shape index (κ1) is 14.7. The van der Waals surface area contributed by atoms with Crippen molar-refractivity contribution in [2.45, 2.75) is 19.6 Å². The van der Waals surface area contributed by atoms with Crippen molar-refractivity contribution in [3.05, 3.63) is 35.6 Å². The van der Waals surface area contributed by atoms with Crippen molar-refractivity contribution in [3.8, 4) is 6.07 Å². The van der Waals surface area contributed by atoms with Gasteiger partial charge in [0.25, 0.3) is 0 Å². The van der Waals surface area contributed by atoms with Crippen LogP contribution in [0.25, 0.3) is 0 Å². The molecule has 0 bridgehead atoms. The van der Waals surface area contributed by atoms with Crippen LogP contribution in [0.4, 0.5) is 4.39 Å². The highest BCUT2D eigenvalue weighted by Gasteiger charge is 2.10. The van der Waals surface area contributed by atoms with Crippen molar-refractivity contribution >= 4 is 9.73 Å². The van der Waals surface area contributed by atoms with Gasteiger partial charge in [0, 0.05) is 0 Å². The molecule has 5 heteroatoms. The normalized spacial score (nSPS) is 13.9. The Morgan fingerprint density at radius 1 is 1.39 bits per heavy atom. The number of hydrogen-bond acceptors (Lipinski definition) is 3. The number of benzene rings is 1. The highest BCUT2D eigenvalue weighted by Crippen LogP contribution is 2.11. The molecule has 0 saturated heterocycles. The van der Waals surface area contributed by atoms with Crippen molar-refractivity contribution in [1.29, 1.82) is 5.26 Å². The number of nitriles is 1. The molecule has 0 heterocycles. The van der Waals surface area contributed by atoms with E-state index in [4.69, 9.17) is 5.26 Å². The molecule has 1 aromatic rings. The van der Waals surface area contributed by atoms with E-state index in [1.165, 1.54) is 12.1 Å². The smallest absolute Gasteiger partial charge is 0.123 e. The summed E-state index contributed by atoms with van der Waals surface area (Å²) in [6, 6.07) is 7.73. The molecule has 0 saturated carbocycles. The maximum Gasteiger partial charge on any atom is 0.123 e. The lowest BCUT2D eigenvalue weighted by Crippen LogP contribution is -2.10. The molecule has 1 aromatic carbocycles. The third-order valence-corrected chi connectivity index (χ3v) is 4.25. The van der Waals surface area contributed by atoms with Crippen molar-refractivity contribution < 1.29 is 8.60 Å². The highest BCUT2D eigenvalue weighted by atomic mass is 32.2. The van der Waals surface area contributed by atoms with E-state index in [-0.39, 0.29) is 17.3 Å². The van der Waals surface area contributed by atoms with Crippen LogP contribution in [0.5, 0.6) is 0 Å². The van der Waals surface area contributed by atoms with Gasteiger partial charge in [-0.1, -0.05) is 26.0 Å². The standard InChI is InChI=1S/C13H17FN2OS/c1-11(2)9-16-18(17,8-7-15)10-12-3-5-13(14)6-4-12/h3-6,11H,8-10H2,1-2H3. The summed E-state index contributed by atoms with van der Waals surface area (Å²) in [6.45, 7) is 4.43. The van der Waals surface area contributed by atoms with Gasteiger partial charge in [0.15, 0.2) is 0 Å². The van der Waals surface area contributed by atoms with Crippen LogP contribution in [0.1, 0.15) is 19.4 Å². The number of nitrogens with zero attached hydrogens (tertiary/aromatic N) is 2. The summed E-state index contributed by atoms with van der Waals surface area (Å²) < 4.78 is 29.4. The summed E-state index contributed by atoms with van der Waals surface area (Å²) in [5.41, 5.74) is 0.740. The van der Waals surface area contributed by atoms with Gasteiger partial charge < -0.3 is 0 Å². The quantitative estimate of drug-likeness (QED) is 0.824. The van der Waals surface area contributed by atoms with E-state index in [1.54, 1.807) is 12.1 Å². The van der Waals surface area contributed by atoms with E-state index in [2.05, 4.69) is 4.36 Å². The molecular weight excluding hydrogens is 251 g/mol. The fourth-order valence-electron chi connectivity index (χ4n) is 1.37. The minimum atomic E-state index is -2.56. The Morgan fingerprint density at radius 2 is 2.00 bits per heavy atom. The molecule has 0 aliphatic carbocycles. The monoisotopic (exact) mass is 268 g/mol. The summed E-state index contributed by atoms with van der Waals surface area (Å²) in [5.74, 6) is 0.0902. The number of halogens is 1. The molecule has 98 valence electrons. The summed E-state index contributed by atoms with van der Waals surface area (Å²) in [5, 5.41) is 8.74. The summed E-state index contributed by atoms with van der Waals surface area (Å²) in [4.78, 5) is 0. The average molecular weight is 268 g/mol. The van der Waals surface area contributed by atoms with Crippen molar-refractivity contribution in [2.24, 2.45) is 10.3 Å². The Hall–Kier alpha value is -1.41. The van der Waals surface area contributed by atoms with E-state index in [9.17, 15) is 8.60 Å². The van der Waals surface area contributed by atoms with Crippen LogP contribution in [-0.4, -0.2) is 16.5 Å². The van der Waals surface area contributed by atoms with Crippen LogP contribution in [0.2, 0.25) is 0 Å². The lowest BCUT2D eigenvalue weighted by molar-refractivity contribution is 0.627. The summed E-state index contributed by atoms with van der Waals surface area (Å²) in [7, 11) is -2.56. The van der Waals surface area contributed by atoms with Crippen LogP contribution in [0.15, 0.2) is 28.6 Å². The average Bonchev–Trinajstić information content (AvgIpc) is 2.30. The summed E-state index contributed by atoms with van der Waals surface area (Å²) in [6.07, 6.45) is 0. The molecule has 0 aromatic heterocycles. The molecule has 18 heavy (non-hydrogen) atoms. The molecule has 1 atom stereocenters. The Balaban J connectivity index is 2.93. The van der Waals surface area contributed by atoms with Gasteiger partial charge >= 0.3 is 0 Å². The van der Waals surface area contributed by atoms with Gasteiger partial charge in [0.1, 0.15) is 11.6 Å². The maximum atomic E-state index is 12.8. The second kappa shape index (κ2) is 6.50.